The van der Waals surface area contributed by atoms with Gasteiger partial charge in [-0.15, -0.1) is 11.6 Å². The number of fused-ring (bicyclic) bond motifs is 1. The van der Waals surface area contributed by atoms with Crippen molar-refractivity contribution in [3.8, 4) is 0 Å². The first-order chi connectivity index (χ1) is 8.51. The summed E-state index contributed by atoms with van der Waals surface area (Å²) in [6, 6.07) is 7.22. The lowest BCUT2D eigenvalue weighted by atomic mass is 9.89. The molecule has 18 heavy (non-hydrogen) atoms. The zero-order valence-corrected chi connectivity index (χ0v) is 10.8. The Hall–Kier alpha value is -1.39. The van der Waals surface area contributed by atoms with Crippen LogP contribution in [-0.4, -0.2) is 34.8 Å². The lowest BCUT2D eigenvalue weighted by molar-refractivity contribution is -0.149. The molecule has 0 bridgehead atoms. The average Bonchev–Trinajstić information content (AvgIpc) is 2.34. The minimum Gasteiger partial charge on any atom is -0.359 e. The van der Waals surface area contributed by atoms with E-state index >= 15 is 0 Å². The quantitative estimate of drug-likeness (QED) is 0.659. The van der Waals surface area contributed by atoms with Crippen molar-refractivity contribution >= 4 is 28.9 Å². The summed E-state index contributed by atoms with van der Waals surface area (Å²) in [5.74, 6) is -0.858. The number of ketones is 2. The second-order valence-corrected chi connectivity index (χ2v) is 4.68. The van der Waals surface area contributed by atoms with Gasteiger partial charge in [0.1, 0.15) is 0 Å². The fourth-order valence-electron chi connectivity index (χ4n) is 2.30. The number of Topliss-reactive ketones (excluding diaryl/α,β-unsaturated/α-hetero) is 2. The van der Waals surface area contributed by atoms with Crippen LogP contribution in [0, 0.1) is 0 Å². The summed E-state index contributed by atoms with van der Waals surface area (Å²) in [6.07, 6.45) is 0.0606. The Labute approximate surface area is 110 Å². The summed E-state index contributed by atoms with van der Waals surface area (Å²) in [6.45, 7) is 1.45. The highest BCUT2D eigenvalue weighted by atomic mass is 35.5. The number of para-hydroxylation sites is 1. The number of anilines is 1. The Morgan fingerprint density at radius 2 is 2.17 bits per heavy atom. The third-order valence-electron chi connectivity index (χ3n) is 3.21. The van der Waals surface area contributed by atoms with Gasteiger partial charge in [-0.25, -0.2) is 0 Å². The van der Waals surface area contributed by atoms with E-state index in [-0.39, 0.29) is 18.8 Å². The van der Waals surface area contributed by atoms with Crippen LogP contribution in [0.4, 0.5) is 5.69 Å². The van der Waals surface area contributed by atoms with Crippen molar-refractivity contribution in [1.82, 2.24) is 0 Å². The van der Waals surface area contributed by atoms with Crippen molar-refractivity contribution in [2.24, 2.45) is 0 Å². The summed E-state index contributed by atoms with van der Waals surface area (Å²) in [4.78, 5) is 25.1. The maximum atomic E-state index is 12.0. The third-order valence-corrected chi connectivity index (χ3v) is 3.38. The van der Waals surface area contributed by atoms with Crippen LogP contribution in [0.3, 0.4) is 0 Å². The summed E-state index contributed by atoms with van der Waals surface area (Å²) in [7, 11) is 0. The molecule has 0 radical (unpaired) electrons. The summed E-state index contributed by atoms with van der Waals surface area (Å²) < 4.78 is 0. The van der Waals surface area contributed by atoms with Crippen molar-refractivity contribution in [3.63, 3.8) is 0 Å². The van der Waals surface area contributed by atoms with E-state index in [9.17, 15) is 14.7 Å². The molecular formula is C13H14ClNO3. The number of alkyl halides is 1. The minimum absolute atomic E-state index is 0.0606. The van der Waals surface area contributed by atoms with Crippen molar-refractivity contribution in [2.45, 2.75) is 19.1 Å². The van der Waals surface area contributed by atoms with Gasteiger partial charge in [0, 0.05) is 24.5 Å². The van der Waals surface area contributed by atoms with E-state index in [1.807, 2.05) is 12.1 Å². The molecule has 1 aliphatic heterocycles. The summed E-state index contributed by atoms with van der Waals surface area (Å²) in [5.41, 5.74) is -0.586. The van der Waals surface area contributed by atoms with E-state index in [1.54, 1.807) is 12.1 Å². The molecule has 1 aromatic rings. The van der Waals surface area contributed by atoms with E-state index in [4.69, 9.17) is 11.6 Å². The second-order valence-electron chi connectivity index (χ2n) is 4.30. The number of nitrogens with zero attached hydrogens (tertiary/aromatic N) is 1. The van der Waals surface area contributed by atoms with E-state index in [0.29, 0.717) is 5.69 Å². The van der Waals surface area contributed by atoms with Gasteiger partial charge in [0.25, 0.3) is 5.72 Å². The molecule has 5 heteroatoms. The van der Waals surface area contributed by atoms with Crippen molar-refractivity contribution < 1.29 is 14.7 Å². The predicted octanol–water partition coefficient (Wildman–Crippen LogP) is 1.13. The zero-order chi connectivity index (χ0) is 13.3. The van der Waals surface area contributed by atoms with Gasteiger partial charge in [-0.3, -0.25) is 9.59 Å². The Morgan fingerprint density at radius 1 is 1.50 bits per heavy atom. The number of hydrogen-bond donors (Lipinski definition) is 1. The molecule has 2 rings (SSSR count). The average molecular weight is 268 g/mol. The number of carbonyl (C=O) groups excluding carboxylic acids is 2. The van der Waals surface area contributed by atoms with Gasteiger partial charge in [0.05, 0.1) is 0 Å². The van der Waals surface area contributed by atoms with Crippen LogP contribution in [-0.2, 0) is 16.0 Å². The molecule has 0 fully saturated rings. The highest BCUT2D eigenvalue weighted by Crippen LogP contribution is 2.34. The van der Waals surface area contributed by atoms with Gasteiger partial charge >= 0.3 is 0 Å². The molecule has 0 amide bonds. The number of rotatable bonds is 3. The van der Waals surface area contributed by atoms with Gasteiger partial charge in [-0.1, -0.05) is 18.2 Å². The normalized spacial score (nSPS) is 22.8. The molecule has 0 saturated carbocycles. The molecule has 4 nitrogen and oxygen atoms in total. The molecule has 0 aliphatic carbocycles. The van der Waals surface area contributed by atoms with Crippen LogP contribution in [0.5, 0.6) is 0 Å². The monoisotopic (exact) mass is 267 g/mol. The third kappa shape index (κ3) is 1.82. The van der Waals surface area contributed by atoms with Crippen LogP contribution >= 0.6 is 11.6 Å². The molecule has 1 N–H and O–H groups in total. The van der Waals surface area contributed by atoms with Gasteiger partial charge in [0.15, 0.2) is 11.6 Å². The Morgan fingerprint density at radius 3 is 2.78 bits per heavy atom. The van der Waals surface area contributed by atoms with E-state index < -0.39 is 17.3 Å². The number of carbonyl (C=O) groups is 2. The largest absolute Gasteiger partial charge is 0.359 e. The minimum atomic E-state index is -2.08. The first kappa shape index (κ1) is 13.1. The van der Waals surface area contributed by atoms with Crippen LogP contribution in [0.2, 0.25) is 0 Å². The van der Waals surface area contributed by atoms with Crippen molar-refractivity contribution in [2.75, 3.05) is 17.3 Å². The van der Waals surface area contributed by atoms with Crippen molar-refractivity contribution in [3.05, 3.63) is 29.8 Å². The molecule has 1 atom stereocenters. The summed E-state index contributed by atoms with van der Waals surface area (Å²) in [5, 5.41) is 10.4. The zero-order valence-electron chi connectivity index (χ0n) is 10.0. The van der Waals surface area contributed by atoms with Gasteiger partial charge in [-0.05, 0) is 18.6 Å². The van der Waals surface area contributed by atoms with Gasteiger partial charge in [0.2, 0.25) is 0 Å². The standard InChI is InChI=1S/C13H14ClNO3/c1-9(16)13(18)12(17)8-10-4-2-3-5-11(10)15(13)7-6-14/h2-5,18H,6-8H2,1H3. The smallest absolute Gasteiger partial charge is 0.259 e. The fraction of sp³-hybridized carbons (Fsp3) is 0.385. The first-order valence-corrected chi connectivity index (χ1v) is 6.23. The Balaban J connectivity index is 2.57. The molecule has 1 aliphatic rings. The van der Waals surface area contributed by atoms with Gasteiger partial charge < -0.3 is 10.0 Å². The topological polar surface area (TPSA) is 57.6 Å². The van der Waals surface area contributed by atoms with E-state index in [2.05, 4.69) is 0 Å². The molecule has 1 heterocycles. The lowest BCUT2D eigenvalue weighted by Crippen LogP contribution is -2.63. The van der Waals surface area contributed by atoms with E-state index in [0.717, 1.165) is 5.56 Å². The number of benzene rings is 1. The van der Waals surface area contributed by atoms with Crippen molar-refractivity contribution in [1.29, 1.82) is 0 Å². The number of halogens is 1. The van der Waals surface area contributed by atoms with Crippen LogP contribution < -0.4 is 4.90 Å². The molecule has 0 spiro atoms. The number of aliphatic hydroxyl groups is 1. The molecule has 96 valence electrons. The SMILES string of the molecule is CC(=O)C1(O)C(=O)Cc2ccccc2N1CCCl. The first-order valence-electron chi connectivity index (χ1n) is 5.70. The lowest BCUT2D eigenvalue weighted by Gasteiger charge is -2.42. The fourth-order valence-corrected chi connectivity index (χ4v) is 2.47. The Bertz CT molecular complexity index is 503. The van der Waals surface area contributed by atoms with Gasteiger partial charge in [-0.2, -0.15) is 0 Å². The highest BCUT2D eigenvalue weighted by Gasteiger charge is 2.49. The Kier molecular flexibility index (Phi) is 3.41. The highest BCUT2D eigenvalue weighted by molar-refractivity contribution is 6.19. The van der Waals surface area contributed by atoms with E-state index in [1.165, 1.54) is 11.8 Å². The molecule has 1 unspecified atom stereocenters. The predicted molar refractivity (Wildman–Crippen MR) is 68.8 cm³/mol. The van der Waals surface area contributed by atoms with Crippen LogP contribution in [0.25, 0.3) is 0 Å². The molecule has 0 saturated heterocycles. The number of hydrogen-bond acceptors (Lipinski definition) is 4. The second kappa shape index (κ2) is 4.71. The van der Waals surface area contributed by atoms with Crippen LogP contribution in [0.15, 0.2) is 24.3 Å². The molecule has 1 aromatic carbocycles. The van der Waals surface area contributed by atoms with Crippen LogP contribution in [0.1, 0.15) is 12.5 Å². The molecular weight excluding hydrogens is 254 g/mol. The maximum absolute atomic E-state index is 12.0. The summed E-state index contributed by atoms with van der Waals surface area (Å²) >= 11 is 5.71. The molecule has 0 aromatic heterocycles. The maximum Gasteiger partial charge on any atom is 0.259 e.